The summed E-state index contributed by atoms with van der Waals surface area (Å²) in [4.78, 5) is 55.2. The van der Waals surface area contributed by atoms with Crippen molar-refractivity contribution in [1.29, 1.82) is 0 Å². The molecule has 0 saturated carbocycles. The Labute approximate surface area is 245 Å². The van der Waals surface area contributed by atoms with Crippen LogP contribution in [-0.2, 0) is 30.3 Å². The van der Waals surface area contributed by atoms with E-state index >= 15 is 0 Å². The minimum atomic E-state index is -0.643. The van der Waals surface area contributed by atoms with E-state index in [1.165, 1.54) is 11.3 Å². The summed E-state index contributed by atoms with van der Waals surface area (Å²) in [6.45, 7) is 6.26. The Hall–Kier alpha value is -2.52. The Bertz CT molecular complexity index is 1440. The van der Waals surface area contributed by atoms with Gasteiger partial charge in [-0.3, -0.25) is 9.59 Å². The van der Waals surface area contributed by atoms with Crippen molar-refractivity contribution >= 4 is 89.3 Å². The van der Waals surface area contributed by atoms with Gasteiger partial charge in [0.2, 0.25) is 5.91 Å². The number of ether oxygens (including phenoxy) is 3. The third-order valence-corrected chi connectivity index (χ3v) is 8.82. The number of aromatic nitrogens is 1. The lowest BCUT2D eigenvalue weighted by Gasteiger charge is -2.07. The fraction of sp³-hybridized carbons (Fsp3) is 0.400. The van der Waals surface area contributed by atoms with Gasteiger partial charge in [0.25, 0.3) is 5.91 Å². The Balaban J connectivity index is 1.70. The Morgan fingerprint density at radius 3 is 2.49 bits per heavy atom. The summed E-state index contributed by atoms with van der Waals surface area (Å²) in [7, 11) is 1.61. The van der Waals surface area contributed by atoms with Crippen LogP contribution in [0.15, 0.2) is 27.7 Å². The SMILES string of the molecule is CCOC(=O)c1sc(NC(=O)CSCC(=O)N=c2sc3cc(Br)ccc3n2CCOC)c(C(=O)OCC)c1C. The van der Waals surface area contributed by atoms with Crippen LogP contribution in [0.3, 0.4) is 0 Å². The average Bonchev–Trinajstić information content (AvgIpc) is 3.38. The average molecular weight is 659 g/mol. The molecule has 14 heteroatoms. The first-order chi connectivity index (χ1) is 18.7. The summed E-state index contributed by atoms with van der Waals surface area (Å²) in [6, 6.07) is 5.85. The summed E-state index contributed by atoms with van der Waals surface area (Å²) in [5.74, 6) is -2.11. The van der Waals surface area contributed by atoms with Crippen molar-refractivity contribution in [2.24, 2.45) is 4.99 Å². The Morgan fingerprint density at radius 1 is 1.08 bits per heavy atom. The number of esters is 2. The maximum Gasteiger partial charge on any atom is 0.348 e. The number of thiophene rings is 1. The molecule has 0 radical (unpaired) electrons. The van der Waals surface area contributed by atoms with Crippen molar-refractivity contribution in [3.05, 3.63) is 43.5 Å². The van der Waals surface area contributed by atoms with Gasteiger partial charge in [-0.25, -0.2) is 9.59 Å². The molecule has 2 heterocycles. The molecule has 1 aromatic carbocycles. The summed E-state index contributed by atoms with van der Waals surface area (Å²) in [5, 5.41) is 2.87. The van der Waals surface area contributed by atoms with Gasteiger partial charge in [0, 0.05) is 18.1 Å². The van der Waals surface area contributed by atoms with Crippen molar-refractivity contribution in [2.45, 2.75) is 27.3 Å². The van der Waals surface area contributed by atoms with Gasteiger partial charge >= 0.3 is 11.9 Å². The molecule has 0 aliphatic heterocycles. The van der Waals surface area contributed by atoms with E-state index in [1.54, 1.807) is 27.9 Å². The second-order valence-corrected chi connectivity index (χ2v) is 11.8. The molecule has 3 rings (SSSR count). The zero-order valence-electron chi connectivity index (χ0n) is 21.8. The highest BCUT2D eigenvalue weighted by molar-refractivity contribution is 9.10. The molecule has 10 nitrogen and oxygen atoms in total. The van der Waals surface area contributed by atoms with Gasteiger partial charge in [0.05, 0.1) is 47.1 Å². The molecule has 0 aliphatic rings. The van der Waals surface area contributed by atoms with E-state index in [0.29, 0.717) is 23.5 Å². The first-order valence-corrected chi connectivity index (χ1v) is 15.5. The largest absolute Gasteiger partial charge is 0.462 e. The molecule has 2 amide bonds. The number of amides is 2. The molecule has 0 aliphatic carbocycles. The van der Waals surface area contributed by atoms with Crippen LogP contribution in [0, 0.1) is 6.92 Å². The van der Waals surface area contributed by atoms with E-state index in [2.05, 4.69) is 26.2 Å². The normalized spacial score (nSPS) is 11.6. The van der Waals surface area contributed by atoms with Crippen molar-refractivity contribution in [1.82, 2.24) is 4.57 Å². The molecule has 3 aromatic rings. The number of methoxy groups -OCH3 is 1. The van der Waals surface area contributed by atoms with Gasteiger partial charge in [0.1, 0.15) is 9.88 Å². The number of rotatable bonds is 12. The number of hydrogen-bond acceptors (Lipinski definition) is 10. The number of carbonyl (C=O) groups is 4. The van der Waals surface area contributed by atoms with Crippen molar-refractivity contribution in [3.8, 4) is 0 Å². The van der Waals surface area contributed by atoms with Crippen LogP contribution in [0.2, 0.25) is 0 Å². The van der Waals surface area contributed by atoms with Crippen molar-refractivity contribution < 1.29 is 33.4 Å². The predicted molar refractivity (Wildman–Crippen MR) is 157 cm³/mol. The van der Waals surface area contributed by atoms with Crippen LogP contribution >= 0.6 is 50.4 Å². The summed E-state index contributed by atoms with van der Waals surface area (Å²) in [6.07, 6.45) is 0. The Morgan fingerprint density at radius 2 is 1.79 bits per heavy atom. The van der Waals surface area contributed by atoms with Crippen LogP contribution in [0.25, 0.3) is 10.2 Å². The van der Waals surface area contributed by atoms with Crippen LogP contribution in [0.5, 0.6) is 0 Å². The minimum Gasteiger partial charge on any atom is -0.462 e. The molecule has 210 valence electrons. The lowest BCUT2D eigenvalue weighted by molar-refractivity contribution is -0.115. The maximum atomic E-state index is 12.7. The van der Waals surface area contributed by atoms with Crippen LogP contribution < -0.4 is 10.1 Å². The van der Waals surface area contributed by atoms with Crippen LogP contribution in [-0.4, -0.2) is 66.8 Å². The second kappa shape index (κ2) is 14.7. The molecule has 0 fully saturated rings. The van der Waals surface area contributed by atoms with Crippen molar-refractivity contribution in [3.63, 3.8) is 0 Å². The second-order valence-electron chi connectivity index (χ2n) is 7.89. The van der Waals surface area contributed by atoms with Crippen LogP contribution in [0.4, 0.5) is 5.00 Å². The zero-order chi connectivity index (χ0) is 28.5. The first kappa shape index (κ1) is 31.0. The number of carbonyl (C=O) groups excluding carboxylic acids is 4. The van der Waals surface area contributed by atoms with Gasteiger partial charge in [-0.15, -0.1) is 23.1 Å². The number of halogens is 1. The molecular formula is C25H28BrN3O7S3. The summed E-state index contributed by atoms with van der Waals surface area (Å²) in [5.41, 5.74) is 1.45. The molecule has 2 aromatic heterocycles. The fourth-order valence-corrected chi connectivity index (χ4v) is 6.83. The van der Waals surface area contributed by atoms with Gasteiger partial charge in [0.15, 0.2) is 4.80 Å². The smallest absolute Gasteiger partial charge is 0.348 e. The monoisotopic (exact) mass is 657 g/mol. The number of thioether (sulfide) groups is 1. The quantitative estimate of drug-likeness (QED) is 0.280. The molecule has 0 unspecified atom stereocenters. The zero-order valence-corrected chi connectivity index (χ0v) is 25.9. The van der Waals surface area contributed by atoms with E-state index in [-0.39, 0.29) is 46.1 Å². The molecule has 0 saturated heterocycles. The maximum absolute atomic E-state index is 12.7. The third-order valence-electron chi connectivity index (χ3n) is 5.18. The third kappa shape index (κ3) is 8.01. The number of fused-ring (bicyclic) bond motifs is 1. The van der Waals surface area contributed by atoms with Gasteiger partial charge < -0.3 is 24.1 Å². The highest BCUT2D eigenvalue weighted by Crippen LogP contribution is 2.34. The number of thiazole rings is 1. The van der Waals surface area contributed by atoms with E-state index in [4.69, 9.17) is 14.2 Å². The number of benzene rings is 1. The fourth-order valence-electron chi connectivity index (χ4n) is 3.51. The Kier molecular flexibility index (Phi) is 11.7. The summed E-state index contributed by atoms with van der Waals surface area (Å²) >= 11 is 6.91. The topological polar surface area (TPSA) is 125 Å². The molecule has 1 N–H and O–H groups in total. The van der Waals surface area contributed by atoms with Gasteiger partial charge in [-0.2, -0.15) is 4.99 Å². The van der Waals surface area contributed by atoms with Gasteiger partial charge in [-0.05, 0) is 44.5 Å². The van der Waals surface area contributed by atoms with E-state index < -0.39 is 17.8 Å². The van der Waals surface area contributed by atoms with E-state index in [9.17, 15) is 19.2 Å². The highest BCUT2D eigenvalue weighted by atomic mass is 79.9. The molecule has 39 heavy (non-hydrogen) atoms. The van der Waals surface area contributed by atoms with Crippen molar-refractivity contribution in [2.75, 3.05) is 43.8 Å². The van der Waals surface area contributed by atoms with E-state index in [0.717, 1.165) is 37.8 Å². The number of nitrogens with one attached hydrogen (secondary N) is 1. The number of hydrogen-bond donors (Lipinski definition) is 1. The van der Waals surface area contributed by atoms with Crippen LogP contribution in [0.1, 0.15) is 39.4 Å². The van der Waals surface area contributed by atoms with Gasteiger partial charge in [-0.1, -0.05) is 27.3 Å². The highest BCUT2D eigenvalue weighted by Gasteiger charge is 2.27. The lowest BCUT2D eigenvalue weighted by Crippen LogP contribution is -2.20. The number of anilines is 1. The molecule has 0 spiro atoms. The predicted octanol–water partition coefficient (Wildman–Crippen LogP) is 4.63. The lowest BCUT2D eigenvalue weighted by atomic mass is 10.1. The standard InChI is InChI=1S/C25H28BrN3O7S3/c1-5-35-23(32)20-14(3)21(24(33)36-6-2)39-22(20)27-18(30)12-37-13-19(31)28-25-29(9-10-34-4)16-8-7-15(26)11-17(16)38-25/h7-8,11H,5-6,9-10,12-13H2,1-4H3,(H,27,30). The molecular weight excluding hydrogens is 630 g/mol. The number of nitrogens with zero attached hydrogens (tertiary/aromatic N) is 2. The first-order valence-electron chi connectivity index (χ1n) is 11.9. The summed E-state index contributed by atoms with van der Waals surface area (Å²) < 4.78 is 19.2. The molecule has 0 atom stereocenters. The molecule has 0 bridgehead atoms. The minimum absolute atomic E-state index is 0.0160. The van der Waals surface area contributed by atoms with E-state index in [1.807, 2.05) is 22.8 Å².